The lowest BCUT2D eigenvalue weighted by Crippen LogP contribution is -2.18. The molecule has 2 rings (SSSR count). The van der Waals surface area contributed by atoms with E-state index in [9.17, 15) is 18.0 Å². The molecule has 0 spiro atoms. The van der Waals surface area contributed by atoms with Gasteiger partial charge in [0, 0.05) is 11.1 Å². The Morgan fingerprint density at radius 1 is 1.40 bits per heavy atom. The number of aromatic nitrogens is 1. The molecule has 1 aromatic carbocycles. The van der Waals surface area contributed by atoms with Crippen LogP contribution in [0, 0.1) is 3.70 Å². The average Bonchev–Trinajstić information content (AvgIpc) is 2.62. The van der Waals surface area contributed by atoms with Gasteiger partial charge in [-0.3, -0.25) is 4.79 Å². The number of halogens is 4. The molecule has 0 aliphatic carbocycles. The van der Waals surface area contributed by atoms with Gasteiger partial charge in [0.1, 0.15) is 12.3 Å². The number of anilines is 1. The van der Waals surface area contributed by atoms with Gasteiger partial charge < -0.3 is 9.88 Å². The second-order valence-corrected chi connectivity index (χ2v) is 5.57. The van der Waals surface area contributed by atoms with Gasteiger partial charge in [0.2, 0.25) is 0 Å². The summed E-state index contributed by atoms with van der Waals surface area (Å²) in [6.45, 7) is 0.580. The Morgan fingerprint density at radius 3 is 2.70 bits per heavy atom. The van der Waals surface area contributed by atoms with Crippen LogP contribution in [-0.4, -0.2) is 23.1 Å². The normalized spacial score (nSPS) is 11.8. The molecule has 3 nitrogen and oxygen atoms in total. The molecule has 0 unspecified atom stereocenters. The van der Waals surface area contributed by atoms with Crippen molar-refractivity contribution in [1.82, 2.24) is 4.57 Å². The highest BCUT2D eigenvalue weighted by atomic mass is 127. The molecule has 0 aliphatic rings. The molecule has 0 bridgehead atoms. The van der Waals surface area contributed by atoms with Crippen molar-refractivity contribution >= 4 is 45.0 Å². The molecule has 0 amide bonds. The predicted octanol–water partition coefficient (Wildman–Crippen LogP) is 3.81. The molecule has 1 aromatic heterocycles. The third-order valence-electron chi connectivity index (χ3n) is 2.76. The molecule has 0 saturated heterocycles. The second-order valence-electron chi connectivity index (χ2n) is 4.46. The minimum Gasteiger partial charge on any atom is -0.377 e. The van der Waals surface area contributed by atoms with E-state index in [0.717, 1.165) is 0 Å². The van der Waals surface area contributed by atoms with Crippen LogP contribution < -0.4 is 5.32 Å². The number of carbonyl (C=O) groups excluding carboxylic acids is 1. The molecule has 0 fully saturated rings. The predicted molar refractivity (Wildman–Crippen MR) is 79.9 cm³/mol. The molecular weight excluding hydrogens is 384 g/mol. The number of nitrogens with zero attached hydrogens (tertiary/aromatic N) is 1. The number of benzene rings is 1. The lowest BCUT2D eigenvalue weighted by Gasteiger charge is -2.11. The van der Waals surface area contributed by atoms with Crippen molar-refractivity contribution in [2.24, 2.45) is 0 Å². The smallest absolute Gasteiger partial charge is 0.377 e. The molecule has 108 valence electrons. The Balaban J connectivity index is 2.44. The van der Waals surface area contributed by atoms with Crippen molar-refractivity contribution in [2.75, 3.05) is 11.9 Å². The molecule has 0 radical (unpaired) electrons. The Labute approximate surface area is 127 Å². The van der Waals surface area contributed by atoms with Crippen LogP contribution in [0.15, 0.2) is 24.3 Å². The summed E-state index contributed by atoms with van der Waals surface area (Å²) in [4.78, 5) is 11.0. The van der Waals surface area contributed by atoms with E-state index in [4.69, 9.17) is 0 Å². The highest BCUT2D eigenvalue weighted by Gasteiger charge is 2.29. The number of hydrogen-bond donors (Lipinski definition) is 1. The van der Waals surface area contributed by atoms with E-state index >= 15 is 0 Å². The number of rotatable bonds is 4. The van der Waals surface area contributed by atoms with Crippen LogP contribution in [0.4, 0.5) is 18.9 Å². The Morgan fingerprint density at radius 2 is 2.10 bits per heavy atom. The molecule has 1 heterocycles. The molecule has 1 N–H and O–H groups in total. The van der Waals surface area contributed by atoms with Gasteiger partial charge in [0.25, 0.3) is 0 Å². The lowest BCUT2D eigenvalue weighted by molar-refractivity contribution is -0.140. The molecule has 7 heteroatoms. The summed E-state index contributed by atoms with van der Waals surface area (Å²) in [6, 6.07) is 6.75. The fraction of sp³-hybridized carbons (Fsp3) is 0.308. The number of Topliss-reactive ketones (excluding diaryl/α,β-unsaturated/α-hetero) is 1. The van der Waals surface area contributed by atoms with Gasteiger partial charge in [0.15, 0.2) is 0 Å². The van der Waals surface area contributed by atoms with Crippen molar-refractivity contribution in [3.8, 4) is 0 Å². The number of hydrogen-bond acceptors (Lipinski definition) is 2. The van der Waals surface area contributed by atoms with Gasteiger partial charge in [0.05, 0.1) is 15.8 Å². The standard InChI is InChI=1S/C13H12F3IN2O/c1-8(20)6-18-10-3-2-4-11-9(10)5-12(17)19(11)7-13(14,15)16/h2-5,18H,6-7H2,1H3. The van der Waals surface area contributed by atoms with Gasteiger partial charge in [-0.1, -0.05) is 6.07 Å². The minimum atomic E-state index is -4.27. The van der Waals surface area contributed by atoms with Crippen LogP contribution in [0.1, 0.15) is 6.92 Å². The fourth-order valence-electron chi connectivity index (χ4n) is 1.97. The van der Waals surface area contributed by atoms with Crippen LogP contribution in [-0.2, 0) is 11.3 Å². The summed E-state index contributed by atoms with van der Waals surface area (Å²) in [5.41, 5.74) is 1.16. The molecule has 0 saturated carbocycles. The summed E-state index contributed by atoms with van der Waals surface area (Å²) >= 11 is 1.88. The first-order valence-corrected chi connectivity index (χ1v) is 6.93. The Bertz CT molecular complexity index is 649. The van der Waals surface area contributed by atoms with E-state index in [2.05, 4.69) is 5.32 Å². The lowest BCUT2D eigenvalue weighted by atomic mass is 10.2. The van der Waals surface area contributed by atoms with Gasteiger partial charge in [-0.05, 0) is 47.7 Å². The zero-order chi connectivity index (χ0) is 14.9. The number of nitrogens with one attached hydrogen (secondary N) is 1. The van der Waals surface area contributed by atoms with E-state index in [1.165, 1.54) is 11.5 Å². The maximum atomic E-state index is 12.6. The topological polar surface area (TPSA) is 34.0 Å². The fourth-order valence-corrected chi connectivity index (χ4v) is 2.71. The third-order valence-corrected chi connectivity index (χ3v) is 3.65. The van der Waals surface area contributed by atoms with E-state index < -0.39 is 12.7 Å². The number of carbonyl (C=O) groups is 1. The third kappa shape index (κ3) is 3.44. The van der Waals surface area contributed by atoms with Crippen LogP contribution in [0.25, 0.3) is 10.9 Å². The molecule has 2 aromatic rings. The van der Waals surface area contributed by atoms with Crippen LogP contribution >= 0.6 is 22.6 Å². The van der Waals surface area contributed by atoms with E-state index in [-0.39, 0.29) is 12.3 Å². The number of alkyl halides is 3. The molecule has 0 aliphatic heterocycles. The van der Waals surface area contributed by atoms with Crippen molar-refractivity contribution in [2.45, 2.75) is 19.6 Å². The average molecular weight is 396 g/mol. The summed E-state index contributed by atoms with van der Waals surface area (Å²) in [6.07, 6.45) is -4.27. The van der Waals surface area contributed by atoms with Crippen molar-refractivity contribution in [3.63, 3.8) is 0 Å². The van der Waals surface area contributed by atoms with Gasteiger partial charge in [-0.15, -0.1) is 0 Å². The number of ketones is 1. The molecular formula is C13H12F3IN2O. The van der Waals surface area contributed by atoms with Crippen molar-refractivity contribution in [3.05, 3.63) is 28.0 Å². The first-order chi connectivity index (χ1) is 9.28. The van der Waals surface area contributed by atoms with E-state index in [1.54, 1.807) is 24.3 Å². The monoisotopic (exact) mass is 396 g/mol. The number of fused-ring (bicyclic) bond motifs is 1. The zero-order valence-electron chi connectivity index (χ0n) is 10.6. The second kappa shape index (κ2) is 5.63. The highest BCUT2D eigenvalue weighted by Crippen LogP contribution is 2.30. The van der Waals surface area contributed by atoms with E-state index in [0.29, 0.717) is 20.3 Å². The first-order valence-electron chi connectivity index (χ1n) is 5.86. The summed E-state index contributed by atoms with van der Waals surface area (Å²) < 4.78 is 39.5. The van der Waals surface area contributed by atoms with Crippen LogP contribution in [0.2, 0.25) is 0 Å². The van der Waals surface area contributed by atoms with Gasteiger partial charge >= 0.3 is 6.18 Å². The van der Waals surface area contributed by atoms with Crippen LogP contribution in [0.3, 0.4) is 0 Å². The zero-order valence-corrected chi connectivity index (χ0v) is 12.7. The largest absolute Gasteiger partial charge is 0.406 e. The molecule has 0 atom stereocenters. The van der Waals surface area contributed by atoms with E-state index in [1.807, 2.05) is 22.6 Å². The summed E-state index contributed by atoms with van der Waals surface area (Å²) in [5, 5.41) is 3.63. The first kappa shape index (κ1) is 15.1. The SMILES string of the molecule is CC(=O)CNc1cccc2c1cc(I)n2CC(F)(F)F. The molecule has 20 heavy (non-hydrogen) atoms. The minimum absolute atomic E-state index is 0.0357. The maximum Gasteiger partial charge on any atom is 0.406 e. The van der Waals surface area contributed by atoms with Gasteiger partial charge in [-0.25, -0.2) is 0 Å². The van der Waals surface area contributed by atoms with Crippen molar-refractivity contribution in [1.29, 1.82) is 0 Å². The summed E-state index contributed by atoms with van der Waals surface area (Å²) in [5.74, 6) is -0.0357. The quantitative estimate of drug-likeness (QED) is 0.798. The Kier molecular flexibility index (Phi) is 4.26. The van der Waals surface area contributed by atoms with Crippen molar-refractivity contribution < 1.29 is 18.0 Å². The van der Waals surface area contributed by atoms with Crippen LogP contribution in [0.5, 0.6) is 0 Å². The highest BCUT2D eigenvalue weighted by molar-refractivity contribution is 14.1. The summed E-state index contributed by atoms with van der Waals surface area (Å²) in [7, 11) is 0. The van der Waals surface area contributed by atoms with Gasteiger partial charge in [-0.2, -0.15) is 13.2 Å². The Hall–Kier alpha value is -1.25. The maximum absolute atomic E-state index is 12.6.